The molecule has 356 valence electrons. The van der Waals surface area contributed by atoms with Crippen LogP contribution in [0.4, 0.5) is 0 Å². The van der Waals surface area contributed by atoms with Crippen LogP contribution < -0.4 is 14.8 Å². The van der Waals surface area contributed by atoms with Gasteiger partial charge in [-0.2, -0.15) is 0 Å². The summed E-state index contributed by atoms with van der Waals surface area (Å²) < 4.78 is 40.5. The number of carbonyl (C=O) groups is 4. The SMILES string of the molecule is C=CC(C)[C@@H](NC(=O)[C@@H]1CC(Oc2cc(-c3ccccc3)nc3c2C(C)CC(OC)=C3)CN1C(O)C(CC(=O)N1CCCC(C(=O)N(CC)CC)C1)C(C)(C)C)C(=O)NS(=O)(=O)C1CC1. The van der Waals surface area contributed by atoms with Gasteiger partial charge in [0.2, 0.25) is 27.7 Å². The zero-order valence-electron chi connectivity index (χ0n) is 39.4. The Balaban J connectivity index is 1.33. The number of methoxy groups -OCH3 is 1. The van der Waals surface area contributed by atoms with E-state index in [-0.39, 0.29) is 43.0 Å². The number of aromatic nitrogens is 1. The molecule has 2 aliphatic heterocycles. The molecule has 0 bridgehead atoms. The number of benzene rings is 1. The Morgan fingerprint density at radius 3 is 2.38 bits per heavy atom. The highest BCUT2D eigenvalue weighted by Crippen LogP contribution is 2.43. The van der Waals surface area contributed by atoms with Crippen LogP contribution >= 0.6 is 0 Å². The van der Waals surface area contributed by atoms with Gasteiger partial charge in [-0.05, 0) is 50.9 Å². The number of hydrogen-bond acceptors (Lipinski definition) is 11. The van der Waals surface area contributed by atoms with Gasteiger partial charge in [-0.25, -0.2) is 13.4 Å². The third-order valence-corrected chi connectivity index (χ3v) is 15.5. The molecule has 16 heteroatoms. The van der Waals surface area contributed by atoms with E-state index in [1.165, 1.54) is 6.08 Å². The first kappa shape index (κ1) is 49.6. The zero-order chi connectivity index (χ0) is 47.4. The molecular weight excluding hydrogens is 849 g/mol. The van der Waals surface area contributed by atoms with Gasteiger partial charge in [-0.1, -0.05) is 71.0 Å². The second-order valence-electron chi connectivity index (χ2n) is 19.4. The Hall–Kier alpha value is -4.80. The number of ether oxygens (including phenoxy) is 2. The minimum absolute atomic E-state index is 0.0287. The van der Waals surface area contributed by atoms with Gasteiger partial charge >= 0.3 is 0 Å². The summed E-state index contributed by atoms with van der Waals surface area (Å²) in [6.45, 7) is 19.3. The van der Waals surface area contributed by atoms with Gasteiger partial charge in [-0.15, -0.1) is 6.58 Å². The quantitative estimate of drug-likeness (QED) is 0.161. The van der Waals surface area contributed by atoms with Crippen LogP contribution in [-0.4, -0.2) is 126 Å². The molecule has 8 atom stereocenters. The fourth-order valence-corrected chi connectivity index (χ4v) is 10.8. The average Bonchev–Trinajstić information content (AvgIpc) is 4.07. The van der Waals surface area contributed by atoms with Gasteiger partial charge in [-0.3, -0.25) is 28.8 Å². The van der Waals surface area contributed by atoms with Crippen LogP contribution in [0.5, 0.6) is 5.75 Å². The highest BCUT2D eigenvalue weighted by molar-refractivity contribution is 7.90. The molecule has 4 amide bonds. The smallest absolute Gasteiger partial charge is 0.256 e. The molecule has 6 unspecified atom stereocenters. The summed E-state index contributed by atoms with van der Waals surface area (Å²) >= 11 is 0. The number of likely N-dealkylation sites (tertiary alicyclic amines) is 2. The molecule has 1 aromatic heterocycles. The normalized spacial score (nSPS) is 23.2. The number of sulfonamides is 1. The molecule has 6 rings (SSSR count). The monoisotopic (exact) mass is 918 g/mol. The first-order valence-electron chi connectivity index (χ1n) is 23.3. The summed E-state index contributed by atoms with van der Waals surface area (Å²) in [4.78, 5) is 66.2. The second-order valence-corrected chi connectivity index (χ2v) is 21.3. The third-order valence-electron chi connectivity index (χ3n) is 13.7. The van der Waals surface area contributed by atoms with Crippen molar-refractivity contribution in [1.82, 2.24) is 29.7 Å². The molecule has 4 aliphatic rings. The van der Waals surface area contributed by atoms with Gasteiger partial charge in [0.15, 0.2) is 0 Å². The van der Waals surface area contributed by atoms with Gasteiger partial charge in [0.05, 0.1) is 41.5 Å². The van der Waals surface area contributed by atoms with Crippen molar-refractivity contribution in [2.24, 2.45) is 23.2 Å². The number of rotatable bonds is 18. The zero-order valence-corrected chi connectivity index (χ0v) is 40.2. The summed E-state index contributed by atoms with van der Waals surface area (Å²) in [6.07, 6.45) is 4.36. The molecule has 1 saturated carbocycles. The number of carbonyl (C=O) groups excluding carboxylic acids is 4. The highest BCUT2D eigenvalue weighted by atomic mass is 32.2. The molecule has 2 aliphatic carbocycles. The van der Waals surface area contributed by atoms with Crippen LogP contribution in [0.1, 0.15) is 111 Å². The predicted octanol–water partition coefficient (Wildman–Crippen LogP) is 5.46. The number of fused-ring (bicyclic) bond motifs is 1. The van der Waals surface area contributed by atoms with Crippen LogP contribution in [0.3, 0.4) is 0 Å². The van der Waals surface area contributed by atoms with Crippen molar-refractivity contribution in [3.05, 3.63) is 66.1 Å². The van der Waals surface area contributed by atoms with E-state index in [1.54, 1.807) is 28.7 Å². The molecule has 0 spiro atoms. The molecule has 2 saturated heterocycles. The van der Waals surface area contributed by atoms with E-state index >= 15 is 0 Å². The minimum Gasteiger partial charge on any atom is -0.501 e. The molecule has 65 heavy (non-hydrogen) atoms. The predicted molar refractivity (Wildman–Crippen MR) is 249 cm³/mol. The van der Waals surface area contributed by atoms with Crippen LogP contribution in [0.15, 0.2) is 54.8 Å². The van der Waals surface area contributed by atoms with Crippen molar-refractivity contribution in [3.63, 3.8) is 0 Å². The topological polar surface area (TPSA) is 188 Å². The number of nitrogens with one attached hydrogen (secondary N) is 2. The molecule has 15 nitrogen and oxygen atoms in total. The lowest BCUT2D eigenvalue weighted by Crippen LogP contribution is -2.58. The van der Waals surface area contributed by atoms with E-state index < -0.39 is 68.8 Å². The number of aliphatic hydroxyl groups is 1. The van der Waals surface area contributed by atoms with Crippen LogP contribution in [0.25, 0.3) is 17.3 Å². The number of pyridine rings is 1. The Morgan fingerprint density at radius 1 is 1.08 bits per heavy atom. The van der Waals surface area contributed by atoms with E-state index in [2.05, 4.69) is 23.5 Å². The third kappa shape index (κ3) is 11.6. The number of amides is 4. The highest BCUT2D eigenvalue weighted by Gasteiger charge is 2.48. The van der Waals surface area contributed by atoms with Crippen molar-refractivity contribution in [1.29, 1.82) is 0 Å². The summed E-state index contributed by atoms with van der Waals surface area (Å²) in [5, 5.41) is 14.8. The van der Waals surface area contributed by atoms with Gasteiger partial charge in [0, 0.05) is 87.1 Å². The Morgan fingerprint density at radius 2 is 1.77 bits per heavy atom. The average molecular weight is 919 g/mol. The van der Waals surface area contributed by atoms with Crippen molar-refractivity contribution < 1.29 is 42.2 Å². The molecular formula is C49H70N6O9S. The Labute approximate surface area is 385 Å². The molecule has 3 heterocycles. The van der Waals surface area contributed by atoms with Gasteiger partial charge < -0.3 is 29.7 Å². The number of aliphatic hydroxyl groups excluding tert-OH is 1. The lowest BCUT2D eigenvalue weighted by Gasteiger charge is -2.42. The van der Waals surface area contributed by atoms with E-state index in [4.69, 9.17) is 14.5 Å². The number of hydrogen-bond donors (Lipinski definition) is 3. The van der Waals surface area contributed by atoms with E-state index in [9.17, 15) is 32.7 Å². The van der Waals surface area contributed by atoms with E-state index in [1.807, 2.05) is 77.1 Å². The van der Waals surface area contributed by atoms with Gasteiger partial charge in [0.1, 0.15) is 24.1 Å². The van der Waals surface area contributed by atoms with Crippen LogP contribution in [0.2, 0.25) is 0 Å². The Kier molecular flexibility index (Phi) is 15.9. The largest absolute Gasteiger partial charge is 0.501 e. The van der Waals surface area contributed by atoms with Gasteiger partial charge in [0.25, 0.3) is 5.91 Å². The fourth-order valence-electron chi connectivity index (χ4n) is 9.50. The van der Waals surface area contributed by atoms with Crippen LogP contribution in [0, 0.1) is 23.2 Å². The molecule has 2 aromatic rings. The first-order chi connectivity index (χ1) is 30.8. The molecule has 3 fully saturated rings. The summed E-state index contributed by atoms with van der Waals surface area (Å²) in [5.41, 5.74) is 2.51. The standard InChI is InChI=1S/C49H70N6O9S/c1-10-30(4)44(46(58)52-65(61,62)36-20-21-36)51-45(57)40-25-35(64-41-27-38(32-17-14-13-15-18-32)50-39-24-34(63-9)23-31(5)43(39)41)29-55(40)48(60)37(49(6,7)8)26-42(56)54-22-16-19-33(28-54)47(59)53(11-2)12-3/h10,13-15,17-18,24,27,30-31,33,35-37,40,44,48,60H,1,11-12,16,19-23,25-26,28-29H2,2-9H3,(H,51,57)(H,52,58)/t30?,31?,33?,35?,37?,40-,44+,48?/m0/s1. The van der Waals surface area contributed by atoms with Crippen molar-refractivity contribution >= 4 is 39.7 Å². The maximum absolute atomic E-state index is 14.7. The maximum atomic E-state index is 14.7. The van der Waals surface area contributed by atoms with E-state index in [0.29, 0.717) is 75.4 Å². The summed E-state index contributed by atoms with van der Waals surface area (Å²) in [6, 6.07) is 9.29. The van der Waals surface area contributed by atoms with Crippen molar-refractivity contribution in [2.75, 3.05) is 39.8 Å². The lowest BCUT2D eigenvalue weighted by molar-refractivity contribution is -0.147. The number of nitrogens with zero attached hydrogens (tertiary/aromatic N) is 4. The van der Waals surface area contributed by atoms with Crippen molar-refractivity contribution in [2.45, 2.75) is 129 Å². The summed E-state index contributed by atoms with van der Waals surface area (Å²) in [7, 11) is -2.29. The fraction of sp³-hybridized carbons (Fsp3) is 0.612. The molecule has 3 N–H and O–H groups in total. The van der Waals surface area contributed by atoms with Crippen molar-refractivity contribution in [3.8, 4) is 17.0 Å². The number of piperidine rings is 1. The maximum Gasteiger partial charge on any atom is 0.256 e. The first-order valence-corrected chi connectivity index (χ1v) is 24.8. The number of allylic oxidation sites excluding steroid dienone is 1. The Bertz CT molecular complexity index is 2200. The molecule has 0 radical (unpaired) electrons. The molecule has 1 aromatic carbocycles. The van der Waals surface area contributed by atoms with Crippen LogP contribution in [-0.2, 0) is 33.9 Å². The summed E-state index contributed by atoms with van der Waals surface area (Å²) in [5.74, 6) is -1.94. The lowest BCUT2D eigenvalue weighted by atomic mass is 9.76. The van der Waals surface area contributed by atoms with E-state index in [0.717, 1.165) is 16.9 Å². The second kappa shape index (κ2) is 20.8. The minimum atomic E-state index is -3.93.